The second-order valence-corrected chi connectivity index (χ2v) is 17.9. The van der Waals surface area contributed by atoms with Gasteiger partial charge in [-0.05, 0) is 102 Å². The molecule has 0 radical (unpaired) electrons. The highest BCUT2D eigenvalue weighted by atomic mass is 15.1. The minimum Gasteiger partial charge on any atom is -0.310 e. The Morgan fingerprint density at radius 3 is 1.75 bits per heavy atom. The maximum atomic E-state index is 2.53. The van der Waals surface area contributed by atoms with Gasteiger partial charge in [-0.25, -0.2) is 0 Å². The molecule has 0 amide bonds. The summed E-state index contributed by atoms with van der Waals surface area (Å²) in [4.78, 5) is 2.53. The Balaban J connectivity index is 1.40. The smallest absolute Gasteiger partial charge is 0.0543 e. The molecular formula is C50H51N. The van der Waals surface area contributed by atoms with Crippen LogP contribution in [0.25, 0.3) is 33.4 Å². The molecule has 0 heterocycles. The number of anilines is 3. The lowest BCUT2D eigenvalue weighted by Crippen LogP contribution is -2.24. The minimum absolute atomic E-state index is 0.00164. The molecule has 256 valence electrons. The van der Waals surface area contributed by atoms with Crippen molar-refractivity contribution in [2.75, 3.05) is 4.90 Å². The van der Waals surface area contributed by atoms with E-state index in [2.05, 4.69) is 202 Å². The number of benzene rings is 6. The molecule has 0 saturated heterocycles. The normalized spacial score (nSPS) is 15.2. The van der Waals surface area contributed by atoms with Crippen molar-refractivity contribution in [3.05, 3.63) is 161 Å². The molecule has 6 aromatic carbocycles. The molecule has 6 aromatic rings. The third-order valence-electron chi connectivity index (χ3n) is 11.7. The lowest BCUT2D eigenvalue weighted by molar-refractivity contribution is 0.545. The predicted molar refractivity (Wildman–Crippen MR) is 219 cm³/mol. The molecule has 0 saturated carbocycles. The first-order chi connectivity index (χ1) is 24.1. The van der Waals surface area contributed by atoms with Crippen LogP contribution < -0.4 is 4.90 Å². The minimum atomic E-state index is -0.149. The van der Waals surface area contributed by atoms with E-state index in [1.807, 2.05) is 0 Å². The highest BCUT2D eigenvalue weighted by Crippen LogP contribution is 2.58. The maximum Gasteiger partial charge on any atom is 0.0543 e. The first-order valence-corrected chi connectivity index (χ1v) is 18.6. The van der Waals surface area contributed by atoms with Crippen LogP contribution >= 0.6 is 0 Å². The molecule has 51 heavy (non-hydrogen) atoms. The van der Waals surface area contributed by atoms with Crippen LogP contribution in [-0.4, -0.2) is 0 Å². The second kappa shape index (κ2) is 11.3. The molecule has 0 atom stereocenters. The first-order valence-electron chi connectivity index (χ1n) is 18.6. The second-order valence-electron chi connectivity index (χ2n) is 17.9. The molecule has 2 aliphatic carbocycles. The highest BCUT2D eigenvalue weighted by Gasteiger charge is 2.43. The summed E-state index contributed by atoms with van der Waals surface area (Å²) >= 11 is 0. The van der Waals surface area contributed by atoms with Crippen molar-refractivity contribution in [1.82, 2.24) is 0 Å². The Morgan fingerprint density at radius 1 is 0.451 bits per heavy atom. The van der Waals surface area contributed by atoms with Crippen molar-refractivity contribution in [2.24, 2.45) is 0 Å². The molecule has 8 rings (SSSR count). The SMILES string of the molecule is CC(C)(C)c1cc2c(c(C(C)(C)C)c1)C(C)(C)c1cccc(N(c3ccc(-c4ccccc4)cc3)c3ccc4c(c3)C(C)(C)c3ccccc3-4)c1-2. The summed E-state index contributed by atoms with van der Waals surface area (Å²) < 4.78 is 0. The quantitative estimate of drug-likeness (QED) is 0.181. The molecule has 1 nitrogen and oxygen atoms in total. The molecule has 0 spiro atoms. The van der Waals surface area contributed by atoms with Gasteiger partial charge in [-0.2, -0.15) is 0 Å². The van der Waals surface area contributed by atoms with E-state index in [0.29, 0.717) is 0 Å². The molecule has 1 heteroatoms. The van der Waals surface area contributed by atoms with E-state index in [1.165, 1.54) is 78.1 Å². The van der Waals surface area contributed by atoms with Gasteiger partial charge < -0.3 is 4.90 Å². The van der Waals surface area contributed by atoms with Gasteiger partial charge in [-0.1, -0.05) is 166 Å². The van der Waals surface area contributed by atoms with Crippen molar-refractivity contribution in [3.8, 4) is 33.4 Å². The van der Waals surface area contributed by atoms with Crippen LogP contribution in [0, 0.1) is 0 Å². The van der Waals surface area contributed by atoms with Crippen LogP contribution in [-0.2, 0) is 21.7 Å². The summed E-state index contributed by atoms with van der Waals surface area (Å²) in [6.07, 6.45) is 0. The predicted octanol–water partition coefficient (Wildman–Crippen LogP) is 14.0. The summed E-state index contributed by atoms with van der Waals surface area (Å²) in [5.74, 6) is 0. The molecular weight excluding hydrogens is 615 g/mol. The van der Waals surface area contributed by atoms with Gasteiger partial charge in [0.15, 0.2) is 0 Å². The zero-order chi connectivity index (χ0) is 36.1. The Bertz CT molecular complexity index is 2300. The Morgan fingerprint density at radius 2 is 1.06 bits per heavy atom. The van der Waals surface area contributed by atoms with E-state index < -0.39 is 0 Å². The lowest BCUT2D eigenvalue weighted by atomic mass is 9.71. The summed E-state index contributed by atoms with van der Waals surface area (Å²) in [5, 5.41) is 0. The topological polar surface area (TPSA) is 3.24 Å². The summed E-state index contributed by atoms with van der Waals surface area (Å²) in [7, 11) is 0. The van der Waals surface area contributed by atoms with Gasteiger partial charge in [-0.15, -0.1) is 0 Å². The Kier molecular flexibility index (Phi) is 7.38. The van der Waals surface area contributed by atoms with Gasteiger partial charge in [-0.3, -0.25) is 0 Å². The summed E-state index contributed by atoms with van der Waals surface area (Å²) in [5.41, 5.74) is 19.7. The molecule has 0 aliphatic heterocycles. The van der Waals surface area contributed by atoms with E-state index in [4.69, 9.17) is 0 Å². The highest BCUT2D eigenvalue weighted by molar-refractivity contribution is 5.97. The van der Waals surface area contributed by atoms with E-state index in [9.17, 15) is 0 Å². The van der Waals surface area contributed by atoms with Gasteiger partial charge in [0.25, 0.3) is 0 Å². The monoisotopic (exact) mass is 665 g/mol. The van der Waals surface area contributed by atoms with E-state index in [0.717, 1.165) is 5.69 Å². The van der Waals surface area contributed by atoms with Gasteiger partial charge in [0.05, 0.1) is 5.69 Å². The molecule has 0 unspecified atom stereocenters. The average molecular weight is 666 g/mol. The van der Waals surface area contributed by atoms with Crippen LogP contribution in [0.3, 0.4) is 0 Å². The van der Waals surface area contributed by atoms with Crippen LogP contribution in [0.15, 0.2) is 127 Å². The van der Waals surface area contributed by atoms with Gasteiger partial charge in [0.1, 0.15) is 0 Å². The van der Waals surface area contributed by atoms with E-state index >= 15 is 0 Å². The zero-order valence-corrected chi connectivity index (χ0v) is 32.1. The van der Waals surface area contributed by atoms with Crippen molar-refractivity contribution in [1.29, 1.82) is 0 Å². The first kappa shape index (κ1) is 33.3. The number of hydrogen-bond acceptors (Lipinski definition) is 1. The van der Waals surface area contributed by atoms with Crippen LogP contribution in [0.5, 0.6) is 0 Å². The lowest BCUT2D eigenvalue weighted by Gasteiger charge is -2.32. The van der Waals surface area contributed by atoms with Crippen molar-refractivity contribution in [3.63, 3.8) is 0 Å². The van der Waals surface area contributed by atoms with Gasteiger partial charge in [0.2, 0.25) is 0 Å². The van der Waals surface area contributed by atoms with Crippen LogP contribution in [0.4, 0.5) is 17.1 Å². The van der Waals surface area contributed by atoms with Crippen LogP contribution in [0.1, 0.15) is 103 Å². The van der Waals surface area contributed by atoms with Crippen LogP contribution in [0.2, 0.25) is 0 Å². The number of nitrogens with zero attached hydrogens (tertiary/aromatic N) is 1. The number of hydrogen-bond donors (Lipinski definition) is 0. The van der Waals surface area contributed by atoms with Crippen molar-refractivity contribution in [2.45, 2.75) is 90.9 Å². The third kappa shape index (κ3) is 5.19. The largest absolute Gasteiger partial charge is 0.310 e. The van der Waals surface area contributed by atoms with Gasteiger partial charge >= 0.3 is 0 Å². The summed E-state index contributed by atoms with van der Waals surface area (Å²) in [6.45, 7) is 23.8. The fourth-order valence-corrected chi connectivity index (χ4v) is 8.89. The molecule has 0 fully saturated rings. The Labute approximate surface area is 306 Å². The third-order valence-corrected chi connectivity index (χ3v) is 11.7. The van der Waals surface area contributed by atoms with Crippen molar-refractivity contribution < 1.29 is 0 Å². The van der Waals surface area contributed by atoms with E-state index in [1.54, 1.807) is 0 Å². The number of rotatable bonds is 4. The fourth-order valence-electron chi connectivity index (χ4n) is 8.89. The number of fused-ring (bicyclic) bond motifs is 6. The fraction of sp³-hybridized carbons (Fsp3) is 0.280. The molecule has 0 aromatic heterocycles. The summed E-state index contributed by atoms with van der Waals surface area (Å²) in [6, 6.07) is 48.0. The molecule has 0 N–H and O–H groups in total. The molecule has 2 aliphatic rings. The zero-order valence-electron chi connectivity index (χ0n) is 32.1. The standard InChI is InChI=1S/C50H51N/c1-47(2,3)34-29-39-45-41(50(9,10)46(39)43(30-34)48(4,5)6)21-16-22-44(45)51(35-25-23-33(24-26-35)32-17-12-11-13-18-32)36-27-28-38-37-19-14-15-20-40(37)49(7,8)42(38)31-36/h11-31H,1-10H3. The van der Waals surface area contributed by atoms with Gasteiger partial charge in [0, 0.05) is 27.8 Å². The molecule has 0 bridgehead atoms. The van der Waals surface area contributed by atoms with E-state index in [-0.39, 0.29) is 21.7 Å². The average Bonchev–Trinajstić information content (AvgIpc) is 3.48. The Hall–Kier alpha value is -4.88. The van der Waals surface area contributed by atoms with Crippen molar-refractivity contribution >= 4 is 17.1 Å². The maximum absolute atomic E-state index is 2.53.